The van der Waals surface area contributed by atoms with Crippen LogP contribution < -0.4 is 9.80 Å². The normalized spacial score (nSPS) is 11.4. The first-order chi connectivity index (χ1) is 29.3. The number of fused-ring (bicyclic) bond motifs is 8. The molecule has 0 saturated heterocycles. The van der Waals surface area contributed by atoms with Gasteiger partial charge < -0.3 is 9.80 Å². The summed E-state index contributed by atoms with van der Waals surface area (Å²) in [6.45, 7) is 0. The molecule has 1 heterocycles. The molecule has 0 unspecified atom stereocenters. The summed E-state index contributed by atoms with van der Waals surface area (Å²) in [5.41, 5.74) is 11.6. The summed E-state index contributed by atoms with van der Waals surface area (Å²) in [4.78, 5) is 4.74. The highest BCUT2D eigenvalue weighted by Gasteiger charge is 2.20. The summed E-state index contributed by atoms with van der Waals surface area (Å²) in [7, 11) is 0. The fourth-order valence-electron chi connectivity index (χ4n) is 8.63. The first kappa shape index (κ1) is 34.8. The molecule has 0 saturated carbocycles. The lowest BCUT2D eigenvalue weighted by Crippen LogP contribution is -2.09. The van der Waals surface area contributed by atoms with Crippen LogP contribution in [0.5, 0.6) is 0 Å². The predicted octanol–water partition coefficient (Wildman–Crippen LogP) is 16.6. The Morgan fingerprint density at radius 2 is 0.644 bits per heavy atom. The second-order valence-electron chi connectivity index (χ2n) is 14.9. The van der Waals surface area contributed by atoms with E-state index < -0.39 is 0 Å². The van der Waals surface area contributed by atoms with Gasteiger partial charge in [-0.2, -0.15) is 0 Å². The third kappa shape index (κ3) is 6.29. The van der Waals surface area contributed by atoms with E-state index in [1.807, 2.05) is 11.3 Å². The van der Waals surface area contributed by atoms with Gasteiger partial charge in [-0.05, 0) is 111 Å². The minimum atomic E-state index is 1.11. The molecular weight excluding hydrogens is 733 g/mol. The number of rotatable bonds is 8. The van der Waals surface area contributed by atoms with Crippen molar-refractivity contribution in [1.82, 2.24) is 0 Å². The zero-order valence-corrected chi connectivity index (χ0v) is 33.1. The summed E-state index contributed by atoms with van der Waals surface area (Å²) in [6.07, 6.45) is 0. The summed E-state index contributed by atoms with van der Waals surface area (Å²) in [6, 6.07) is 83.4. The van der Waals surface area contributed by atoms with Crippen LogP contribution in [0.25, 0.3) is 64.0 Å². The molecule has 0 aliphatic heterocycles. The Kier molecular flexibility index (Phi) is 8.72. The van der Waals surface area contributed by atoms with Crippen LogP contribution >= 0.6 is 11.3 Å². The molecule has 0 spiro atoms. The van der Waals surface area contributed by atoms with Crippen molar-refractivity contribution >= 4 is 87.2 Å². The SMILES string of the molecule is c1ccc(-c2ccc(N(c3ccc(-c4ccccc4)cc3)c3ccc4c(c3)sc3c5ccc(N(c6ccccc6)c6ccccc6)cc5c5ccccc5c43)cc2)cc1. The van der Waals surface area contributed by atoms with Crippen molar-refractivity contribution < 1.29 is 0 Å². The van der Waals surface area contributed by atoms with Crippen LogP contribution in [0.2, 0.25) is 0 Å². The molecule has 10 aromatic carbocycles. The van der Waals surface area contributed by atoms with Crippen LogP contribution in [-0.2, 0) is 0 Å². The van der Waals surface area contributed by atoms with E-state index in [0.29, 0.717) is 0 Å². The Morgan fingerprint density at radius 1 is 0.254 bits per heavy atom. The Balaban J connectivity index is 1.07. The number of hydrogen-bond acceptors (Lipinski definition) is 3. The molecule has 3 heteroatoms. The van der Waals surface area contributed by atoms with Gasteiger partial charge in [0.2, 0.25) is 0 Å². The van der Waals surface area contributed by atoms with E-state index in [-0.39, 0.29) is 0 Å². The van der Waals surface area contributed by atoms with Gasteiger partial charge in [-0.3, -0.25) is 0 Å². The molecule has 0 N–H and O–H groups in total. The van der Waals surface area contributed by atoms with E-state index in [1.165, 1.54) is 64.0 Å². The predicted molar refractivity (Wildman–Crippen MR) is 255 cm³/mol. The van der Waals surface area contributed by atoms with Crippen molar-refractivity contribution in [2.45, 2.75) is 0 Å². The molecule has 2 nitrogen and oxygen atoms in total. The van der Waals surface area contributed by atoms with E-state index in [0.717, 1.165) is 34.1 Å². The average molecular weight is 771 g/mol. The molecule has 11 aromatic rings. The number of para-hydroxylation sites is 2. The van der Waals surface area contributed by atoms with Crippen molar-refractivity contribution in [2.24, 2.45) is 0 Å². The second kappa shape index (κ2) is 14.8. The summed E-state index contributed by atoms with van der Waals surface area (Å²) >= 11 is 1.89. The van der Waals surface area contributed by atoms with Gasteiger partial charge in [0.1, 0.15) is 0 Å². The lowest BCUT2D eigenvalue weighted by atomic mass is 9.96. The van der Waals surface area contributed by atoms with Crippen LogP contribution in [0, 0.1) is 0 Å². The third-order valence-electron chi connectivity index (χ3n) is 11.4. The van der Waals surface area contributed by atoms with Crippen LogP contribution in [0.4, 0.5) is 34.1 Å². The maximum atomic E-state index is 2.39. The van der Waals surface area contributed by atoms with Crippen molar-refractivity contribution in [2.75, 3.05) is 9.80 Å². The Bertz CT molecular complexity index is 3110. The van der Waals surface area contributed by atoms with Gasteiger partial charge in [-0.15, -0.1) is 11.3 Å². The topological polar surface area (TPSA) is 6.48 Å². The highest BCUT2D eigenvalue weighted by molar-refractivity contribution is 7.27. The van der Waals surface area contributed by atoms with Gasteiger partial charge in [-0.1, -0.05) is 158 Å². The molecular formula is C56H38N2S. The van der Waals surface area contributed by atoms with E-state index in [2.05, 4.69) is 240 Å². The molecule has 0 bridgehead atoms. The number of nitrogens with zero attached hydrogens (tertiary/aromatic N) is 2. The number of hydrogen-bond donors (Lipinski definition) is 0. The minimum Gasteiger partial charge on any atom is -0.310 e. The Morgan fingerprint density at radius 3 is 1.17 bits per heavy atom. The van der Waals surface area contributed by atoms with Gasteiger partial charge in [0.25, 0.3) is 0 Å². The standard InChI is InChI=1S/C56H38N2S/c1-5-15-39(16-6-1)41-25-29-45(30-26-41)58(46-31-27-42(28-32-46)40-17-7-2-8-18-40)48-34-36-52-54(38-48)59-56-51-35-33-47(37-53(51)49-23-13-14-24-50(49)55(52)56)57(43-19-9-3-10-20-43)44-21-11-4-12-22-44/h1-38H. The van der Waals surface area contributed by atoms with E-state index in [1.54, 1.807) is 0 Å². The lowest BCUT2D eigenvalue weighted by Gasteiger charge is -2.26. The Hall–Kier alpha value is -7.46. The quantitative estimate of drug-likeness (QED) is 0.142. The molecule has 0 fully saturated rings. The zero-order chi connectivity index (χ0) is 39.1. The molecule has 278 valence electrons. The van der Waals surface area contributed by atoms with E-state index in [4.69, 9.17) is 0 Å². The number of thiophene rings is 1. The summed E-state index contributed by atoms with van der Waals surface area (Å²) in [5.74, 6) is 0. The molecule has 11 rings (SSSR count). The van der Waals surface area contributed by atoms with Crippen molar-refractivity contribution in [1.29, 1.82) is 0 Å². The molecule has 1 aromatic heterocycles. The third-order valence-corrected chi connectivity index (χ3v) is 12.6. The molecule has 0 atom stereocenters. The highest BCUT2D eigenvalue weighted by Crippen LogP contribution is 2.48. The molecule has 0 radical (unpaired) electrons. The first-order valence-electron chi connectivity index (χ1n) is 20.1. The first-order valence-corrected chi connectivity index (χ1v) is 20.9. The summed E-state index contributed by atoms with van der Waals surface area (Å²) in [5, 5.41) is 7.68. The lowest BCUT2D eigenvalue weighted by molar-refractivity contribution is 1.29. The van der Waals surface area contributed by atoms with Crippen molar-refractivity contribution in [3.63, 3.8) is 0 Å². The van der Waals surface area contributed by atoms with E-state index in [9.17, 15) is 0 Å². The zero-order valence-electron chi connectivity index (χ0n) is 32.2. The van der Waals surface area contributed by atoms with Gasteiger partial charge in [-0.25, -0.2) is 0 Å². The van der Waals surface area contributed by atoms with Crippen molar-refractivity contribution in [3.05, 3.63) is 231 Å². The second-order valence-corrected chi connectivity index (χ2v) is 16.0. The minimum absolute atomic E-state index is 1.11. The van der Waals surface area contributed by atoms with E-state index >= 15 is 0 Å². The van der Waals surface area contributed by atoms with Crippen LogP contribution in [0.3, 0.4) is 0 Å². The highest BCUT2D eigenvalue weighted by atomic mass is 32.1. The Labute approximate surface area is 348 Å². The molecule has 0 amide bonds. The van der Waals surface area contributed by atoms with Crippen molar-refractivity contribution in [3.8, 4) is 22.3 Å². The fourth-order valence-corrected chi connectivity index (χ4v) is 9.91. The maximum Gasteiger partial charge on any atom is 0.0476 e. The summed E-state index contributed by atoms with van der Waals surface area (Å²) < 4.78 is 2.58. The van der Waals surface area contributed by atoms with Gasteiger partial charge >= 0.3 is 0 Å². The molecule has 0 aliphatic rings. The van der Waals surface area contributed by atoms with Crippen LogP contribution in [0.1, 0.15) is 0 Å². The fraction of sp³-hybridized carbons (Fsp3) is 0. The van der Waals surface area contributed by atoms with Gasteiger partial charge in [0.05, 0.1) is 0 Å². The average Bonchev–Trinajstić information content (AvgIpc) is 3.70. The van der Waals surface area contributed by atoms with Gasteiger partial charge in [0, 0.05) is 59.7 Å². The number of benzene rings is 10. The van der Waals surface area contributed by atoms with Crippen LogP contribution in [-0.4, -0.2) is 0 Å². The van der Waals surface area contributed by atoms with Crippen LogP contribution in [0.15, 0.2) is 231 Å². The molecule has 0 aliphatic carbocycles. The van der Waals surface area contributed by atoms with Gasteiger partial charge in [0.15, 0.2) is 0 Å². The molecule has 59 heavy (non-hydrogen) atoms. The largest absolute Gasteiger partial charge is 0.310 e. The maximum absolute atomic E-state index is 2.39. The monoisotopic (exact) mass is 770 g/mol. The number of anilines is 6. The smallest absolute Gasteiger partial charge is 0.0476 e.